The van der Waals surface area contributed by atoms with Gasteiger partial charge in [0.2, 0.25) is 5.91 Å². The van der Waals surface area contributed by atoms with Crippen LogP contribution in [-0.4, -0.2) is 34.7 Å². The zero-order chi connectivity index (χ0) is 19.2. The molecule has 10 heteroatoms. The lowest BCUT2D eigenvalue weighted by atomic mass is 10.00. The monoisotopic (exact) mass is 433 g/mol. The molecule has 0 radical (unpaired) electrons. The summed E-state index contributed by atoms with van der Waals surface area (Å²) in [5.41, 5.74) is -1.32. The predicted molar refractivity (Wildman–Crippen MR) is 96.8 cm³/mol. The summed E-state index contributed by atoms with van der Waals surface area (Å²) in [7, 11) is 0. The Morgan fingerprint density at radius 3 is 1.88 bits per heavy atom. The third-order valence-electron chi connectivity index (χ3n) is 4.54. The molecule has 1 saturated carbocycles. The highest BCUT2D eigenvalue weighted by Gasteiger charge is 2.43. The number of hydrogen-bond donors (Lipinski definition) is 1. The van der Waals surface area contributed by atoms with Crippen molar-refractivity contribution in [2.75, 3.05) is 6.54 Å². The van der Waals surface area contributed by atoms with Gasteiger partial charge in [0.1, 0.15) is 12.1 Å². The summed E-state index contributed by atoms with van der Waals surface area (Å²) in [5.74, 6) is -2.20. The fraction of sp³-hybridized carbons (Fsp3) is 0.375. The van der Waals surface area contributed by atoms with E-state index in [2.05, 4.69) is 11.4 Å². The fourth-order valence-electron chi connectivity index (χ4n) is 3.23. The summed E-state index contributed by atoms with van der Waals surface area (Å²) < 4.78 is 0. The second-order valence-electron chi connectivity index (χ2n) is 6.15. The van der Waals surface area contributed by atoms with Crippen LogP contribution in [0.3, 0.4) is 0 Å². The number of amides is 3. The van der Waals surface area contributed by atoms with E-state index in [1.165, 1.54) is 0 Å². The minimum absolute atomic E-state index is 0.140. The maximum atomic E-state index is 12.6. The summed E-state index contributed by atoms with van der Waals surface area (Å²) in [6, 6.07) is 2.11. The number of nitriles is 1. The van der Waals surface area contributed by atoms with Gasteiger partial charge in [-0.05, 0) is 25.7 Å². The van der Waals surface area contributed by atoms with Gasteiger partial charge < -0.3 is 5.32 Å². The van der Waals surface area contributed by atoms with Crippen molar-refractivity contribution in [1.29, 1.82) is 5.26 Å². The number of carbonyl (C=O) groups excluding carboxylic acids is 3. The van der Waals surface area contributed by atoms with Crippen LogP contribution in [0.2, 0.25) is 20.1 Å². The van der Waals surface area contributed by atoms with Gasteiger partial charge in [-0.2, -0.15) is 5.26 Å². The van der Waals surface area contributed by atoms with Crippen molar-refractivity contribution >= 4 is 64.1 Å². The topological polar surface area (TPSA) is 90.3 Å². The molecule has 0 spiro atoms. The SMILES string of the molecule is N#CC1(NC(=O)CN2C(=O)c3c(Cl)c(Cl)c(Cl)c(Cl)c3C2=O)CCCC1. The molecule has 1 aromatic rings. The number of imide groups is 1. The van der Waals surface area contributed by atoms with E-state index in [9.17, 15) is 19.6 Å². The van der Waals surface area contributed by atoms with Crippen molar-refractivity contribution in [2.45, 2.75) is 31.2 Å². The highest BCUT2D eigenvalue weighted by molar-refractivity contribution is 6.55. The average molecular weight is 435 g/mol. The molecule has 1 N–H and O–H groups in total. The van der Waals surface area contributed by atoms with Crippen molar-refractivity contribution in [1.82, 2.24) is 10.2 Å². The molecular formula is C16H11Cl4N3O3. The minimum Gasteiger partial charge on any atom is -0.336 e. The van der Waals surface area contributed by atoms with Crippen molar-refractivity contribution in [3.63, 3.8) is 0 Å². The number of nitrogens with one attached hydrogen (secondary N) is 1. The first-order valence-electron chi connectivity index (χ1n) is 7.67. The number of nitrogens with zero attached hydrogens (tertiary/aromatic N) is 2. The first-order valence-corrected chi connectivity index (χ1v) is 9.18. The average Bonchev–Trinajstić information content (AvgIpc) is 3.17. The van der Waals surface area contributed by atoms with Crippen LogP contribution in [0.5, 0.6) is 0 Å². The number of fused-ring (bicyclic) bond motifs is 1. The molecular weight excluding hydrogens is 424 g/mol. The van der Waals surface area contributed by atoms with Crippen LogP contribution in [-0.2, 0) is 4.79 Å². The van der Waals surface area contributed by atoms with Gasteiger partial charge in [0.15, 0.2) is 0 Å². The van der Waals surface area contributed by atoms with Gasteiger partial charge in [0.25, 0.3) is 11.8 Å². The number of rotatable bonds is 3. The highest BCUT2D eigenvalue weighted by atomic mass is 35.5. The Kier molecular flexibility index (Phi) is 5.11. The largest absolute Gasteiger partial charge is 0.336 e. The van der Waals surface area contributed by atoms with Crippen molar-refractivity contribution in [3.05, 3.63) is 31.2 Å². The lowest BCUT2D eigenvalue weighted by Gasteiger charge is -2.23. The standard InChI is InChI=1S/C16H11Cl4N3O3/c17-10-8-9(11(18)13(20)12(10)19)15(26)23(14(8)25)5-7(24)22-16(6-21)3-1-2-4-16/h1-5H2,(H,22,24). The van der Waals surface area contributed by atoms with Crippen molar-refractivity contribution in [2.24, 2.45) is 0 Å². The lowest BCUT2D eigenvalue weighted by molar-refractivity contribution is -0.122. The third kappa shape index (κ3) is 2.93. The summed E-state index contributed by atoms with van der Waals surface area (Å²) in [5, 5.41) is 11.3. The molecule has 2 aliphatic rings. The van der Waals surface area contributed by atoms with E-state index >= 15 is 0 Å². The quantitative estimate of drug-likeness (QED) is 0.444. The maximum Gasteiger partial charge on any atom is 0.263 e. The zero-order valence-corrected chi connectivity index (χ0v) is 16.2. The summed E-state index contributed by atoms with van der Waals surface area (Å²) in [6.45, 7) is -0.558. The van der Waals surface area contributed by atoms with E-state index in [-0.39, 0.29) is 31.2 Å². The molecule has 1 aliphatic heterocycles. The van der Waals surface area contributed by atoms with E-state index in [1.54, 1.807) is 0 Å². The Labute approximate surface area is 168 Å². The molecule has 1 fully saturated rings. The Morgan fingerprint density at radius 2 is 1.46 bits per heavy atom. The van der Waals surface area contributed by atoms with Gasteiger partial charge in [-0.25, -0.2) is 0 Å². The van der Waals surface area contributed by atoms with Gasteiger partial charge in [-0.3, -0.25) is 19.3 Å². The van der Waals surface area contributed by atoms with Crippen LogP contribution in [0.4, 0.5) is 0 Å². The van der Waals surface area contributed by atoms with Gasteiger partial charge >= 0.3 is 0 Å². The van der Waals surface area contributed by atoms with E-state index in [4.69, 9.17) is 46.4 Å². The molecule has 6 nitrogen and oxygen atoms in total. The molecule has 0 saturated heterocycles. The molecule has 3 rings (SSSR count). The van der Waals surface area contributed by atoms with Crippen LogP contribution in [0, 0.1) is 11.3 Å². The Hall–Kier alpha value is -1.52. The fourth-order valence-corrected chi connectivity index (χ4v) is 4.25. The van der Waals surface area contributed by atoms with Gasteiger partial charge in [0.05, 0.1) is 37.3 Å². The zero-order valence-electron chi connectivity index (χ0n) is 13.2. The van der Waals surface area contributed by atoms with E-state index in [1.807, 2.05) is 0 Å². The first-order chi connectivity index (χ1) is 12.2. The molecule has 0 bridgehead atoms. The molecule has 1 aromatic carbocycles. The minimum atomic E-state index is -0.961. The maximum absolute atomic E-state index is 12.6. The van der Waals surface area contributed by atoms with Crippen molar-refractivity contribution in [3.8, 4) is 6.07 Å². The van der Waals surface area contributed by atoms with Crippen LogP contribution in [0.1, 0.15) is 46.4 Å². The van der Waals surface area contributed by atoms with E-state index in [0.29, 0.717) is 17.7 Å². The predicted octanol–water partition coefficient (Wildman–Crippen LogP) is 3.85. The molecule has 0 aromatic heterocycles. The van der Waals surface area contributed by atoms with Gasteiger partial charge in [-0.1, -0.05) is 46.4 Å². The molecule has 1 aliphatic carbocycles. The van der Waals surface area contributed by atoms with Crippen LogP contribution < -0.4 is 5.32 Å². The Morgan fingerprint density at radius 1 is 1.00 bits per heavy atom. The van der Waals surface area contributed by atoms with Crippen LogP contribution in [0.25, 0.3) is 0 Å². The molecule has 136 valence electrons. The second-order valence-corrected chi connectivity index (χ2v) is 7.66. The summed E-state index contributed by atoms with van der Waals surface area (Å²) in [4.78, 5) is 38.2. The lowest BCUT2D eigenvalue weighted by Crippen LogP contribution is -2.50. The number of carbonyl (C=O) groups is 3. The molecule has 1 heterocycles. The first kappa shape index (κ1) is 19.2. The number of halogens is 4. The smallest absolute Gasteiger partial charge is 0.263 e. The number of benzene rings is 1. The van der Waals surface area contributed by atoms with E-state index in [0.717, 1.165) is 12.8 Å². The molecule has 0 atom stereocenters. The molecule has 3 amide bonds. The van der Waals surface area contributed by atoms with Crippen LogP contribution in [0.15, 0.2) is 0 Å². The Bertz CT molecular complexity index is 841. The highest BCUT2D eigenvalue weighted by Crippen LogP contribution is 2.44. The van der Waals surface area contributed by atoms with E-state index < -0.39 is 29.8 Å². The van der Waals surface area contributed by atoms with Gasteiger partial charge in [0, 0.05) is 0 Å². The molecule has 26 heavy (non-hydrogen) atoms. The number of hydrogen-bond acceptors (Lipinski definition) is 4. The summed E-state index contributed by atoms with van der Waals surface area (Å²) in [6.07, 6.45) is 2.70. The second kappa shape index (κ2) is 6.90. The normalized spacial score (nSPS) is 18.0. The summed E-state index contributed by atoms with van der Waals surface area (Å²) >= 11 is 24.0. The van der Waals surface area contributed by atoms with Crippen molar-refractivity contribution < 1.29 is 14.4 Å². The Balaban J connectivity index is 1.87. The van der Waals surface area contributed by atoms with Gasteiger partial charge in [-0.15, -0.1) is 0 Å². The molecule has 0 unspecified atom stereocenters. The third-order valence-corrected chi connectivity index (χ3v) is 6.34. The van der Waals surface area contributed by atoms with Crippen LogP contribution >= 0.6 is 46.4 Å².